The third-order valence-electron chi connectivity index (χ3n) is 3.32. The van der Waals surface area contributed by atoms with Gasteiger partial charge in [0.25, 0.3) is 0 Å². The van der Waals surface area contributed by atoms with Crippen LogP contribution in [0.15, 0.2) is 18.2 Å². The summed E-state index contributed by atoms with van der Waals surface area (Å²) in [5.41, 5.74) is -1.50. The maximum absolute atomic E-state index is 12.7. The molecule has 0 radical (unpaired) electrons. The lowest BCUT2D eigenvalue weighted by Gasteiger charge is -2.40. The highest BCUT2D eigenvalue weighted by atomic mass is 19.4. The fourth-order valence-electron chi connectivity index (χ4n) is 2.38. The Hall–Kier alpha value is -1.76. The minimum Gasteiger partial charge on any atom is -0.478 e. The van der Waals surface area contributed by atoms with Gasteiger partial charge in [0.15, 0.2) is 0 Å². The Morgan fingerprint density at radius 1 is 1.38 bits per heavy atom. The average molecular weight is 303 g/mol. The average Bonchev–Trinajstić information content (AvgIpc) is 2.35. The second kappa shape index (κ2) is 5.22. The highest BCUT2D eigenvalue weighted by Crippen LogP contribution is 2.34. The molecule has 0 unspecified atom stereocenters. The van der Waals surface area contributed by atoms with Crippen molar-refractivity contribution in [2.45, 2.75) is 25.6 Å². The molecule has 0 aromatic heterocycles. The van der Waals surface area contributed by atoms with Gasteiger partial charge in [-0.15, -0.1) is 0 Å². The molecule has 116 valence electrons. The maximum atomic E-state index is 12.7. The van der Waals surface area contributed by atoms with Crippen molar-refractivity contribution in [2.75, 3.05) is 24.6 Å². The lowest BCUT2D eigenvalue weighted by atomic mass is 10.0. The van der Waals surface area contributed by atoms with E-state index in [1.807, 2.05) is 13.8 Å². The van der Waals surface area contributed by atoms with Gasteiger partial charge >= 0.3 is 12.1 Å². The highest BCUT2D eigenvalue weighted by Gasteiger charge is 2.34. The fraction of sp³-hybridized carbons (Fsp3) is 0.500. The van der Waals surface area contributed by atoms with Crippen LogP contribution in [0, 0.1) is 0 Å². The SMILES string of the molecule is CC1(C)CN(c2ccc(C(F)(F)F)cc2C(=O)O)CCO1. The maximum Gasteiger partial charge on any atom is 0.416 e. The highest BCUT2D eigenvalue weighted by molar-refractivity contribution is 5.94. The van der Waals surface area contributed by atoms with Crippen molar-refractivity contribution in [3.63, 3.8) is 0 Å². The van der Waals surface area contributed by atoms with Crippen molar-refractivity contribution < 1.29 is 27.8 Å². The van der Waals surface area contributed by atoms with E-state index in [4.69, 9.17) is 4.74 Å². The molecule has 1 aliphatic heterocycles. The van der Waals surface area contributed by atoms with Crippen molar-refractivity contribution in [1.82, 2.24) is 0 Å². The van der Waals surface area contributed by atoms with Gasteiger partial charge < -0.3 is 14.7 Å². The van der Waals surface area contributed by atoms with Gasteiger partial charge in [0.1, 0.15) is 0 Å². The number of morpholine rings is 1. The molecule has 1 heterocycles. The van der Waals surface area contributed by atoms with Crippen molar-refractivity contribution in [2.24, 2.45) is 0 Å². The first-order valence-corrected chi connectivity index (χ1v) is 6.44. The first-order chi connectivity index (χ1) is 9.60. The zero-order valence-corrected chi connectivity index (χ0v) is 11.7. The van der Waals surface area contributed by atoms with Gasteiger partial charge in [-0.2, -0.15) is 13.2 Å². The summed E-state index contributed by atoms with van der Waals surface area (Å²) in [5, 5.41) is 9.19. The summed E-state index contributed by atoms with van der Waals surface area (Å²) in [6, 6.07) is 2.80. The largest absolute Gasteiger partial charge is 0.478 e. The normalized spacial score (nSPS) is 18.6. The van der Waals surface area contributed by atoms with E-state index in [0.29, 0.717) is 25.8 Å². The second-order valence-corrected chi connectivity index (χ2v) is 5.56. The van der Waals surface area contributed by atoms with Crippen LogP contribution in [0.5, 0.6) is 0 Å². The standard InChI is InChI=1S/C14H16F3NO3/c1-13(2)8-18(5-6-21-13)11-4-3-9(14(15,16)17)7-10(11)12(19)20/h3-4,7H,5-6,8H2,1-2H3,(H,19,20). The van der Waals surface area contributed by atoms with Crippen molar-refractivity contribution in [3.05, 3.63) is 29.3 Å². The molecule has 1 aromatic rings. The van der Waals surface area contributed by atoms with E-state index in [1.165, 1.54) is 6.07 Å². The Balaban J connectivity index is 2.42. The molecule has 1 fully saturated rings. The Kier molecular flexibility index (Phi) is 3.88. The van der Waals surface area contributed by atoms with E-state index < -0.39 is 23.3 Å². The number of aromatic carboxylic acids is 1. The van der Waals surface area contributed by atoms with Crippen LogP contribution in [0.4, 0.5) is 18.9 Å². The molecule has 0 atom stereocenters. The predicted molar refractivity (Wildman–Crippen MR) is 70.6 cm³/mol. The zero-order valence-electron chi connectivity index (χ0n) is 11.7. The van der Waals surface area contributed by atoms with Crippen LogP contribution in [-0.4, -0.2) is 36.4 Å². The molecule has 0 spiro atoms. The smallest absolute Gasteiger partial charge is 0.416 e. The van der Waals surface area contributed by atoms with Crippen LogP contribution in [0.3, 0.4) is 0 Å². The lowest BCUT2D eigenvalue weighted by Crippen LogP contribution is -2.48. The molecule has 4 nitrogen and oxygen atoms in total. The lowest BCUT2D eigenvalue weighted by molar-refractivity contribution is -0.137. The van der Waals surface area contributed by atoms with Crippen LogP contribution >= 0.6 is 0 Å². The predicted octanol–water partition coefficient (Wildman–Crippen LogP) is 3.02. The van der Waals surface area contributed by atoms with E-state index in [2.05, 4.69) is 0 Å². The number of anilines is 1. The van der Waals surface area contributed by atoms with Crippen LogP contribution in [0.1, 0.15) is 29.8 Å². The van der Waals surface area contributed by atoms with Crippen LogP contribution < -0.4 is 4.90 Å². The summed E-state index contributed by atoms with van der Waals surface area (Å²) in [6.07, 6.45) is -4.56. The zero-order chi connectivity index (χ0) is 15.8. The van der Waals surface area contributed by atoms with E-state index in [1.54, 1.807) is 4.90 Å². The molecule has 21 heavy (non-hydrogen) atoms. The molecule has 0 aliphatic carbocycles. The fourth-order valence-corrected chi connectivity index (χ4v) is 2.38. The number of alkyl halides is 3. The molecular weight excluding hydrogens is 287 g/mol. The molecule has 1 aromatic carbocycles. The Bertz CT molecular complexity index is 555. The third kappa shape index (κ3) is 3.47. The van der Waals surface area contributed by atoms with Crippen molar-refractivity contribution in [3.8, 4) is 0 Å². The molecule has 1 saturated heterocycles. The number of ether oxygens (including phenoxy) is 1. The van der Waals surface area contributed by atoms with Gasteiger partial charge in [0.2, 0.25) is 0 Å². The quantitative estimate of drug-likeness (QED) is 0.912. The molecule has 1 aliphatic rings. The van der Waals surface area contributed by atoms with Gasteiger partial charge in [0, 0.05) is 13.1 Å². The summed E-state index contributed by atoms with van der Waals surface area (Å²) in [4.78, 5) is 13.0. The molecule has 0 bridgehead atoms. The van der Waals surface area contributed by atoms with Crippen molar-refractivity contribution >= 4 is 11.7 Å². The second-order valence-electron chi connectivity index (χ2n) is 5.56. The summed E-state index contributed by atoms with van der Waals surface area (Å²) >= 11 is 0. The number of benzene rings is 1. The molecule has 1 N–H and O–H groups in total. The Labute approximate surface area is 120 Å². The summed E-state index contributed by atoms with van der Waals surface area (Å²) in [5.74, 6) is -1.37. The van der Waals surface area contributed by atoms with Gasteiger partial charge in [-0.3, -0.25) is 0 Å². The summed E-state index contributed by atoms with van der Waals surface area (Å²) < 4.78 is 43.6. The minimum atomic E-state index is -4.56. The summed E-state index contributed by atoms with van der Waals surface area (Å²) in [6.45, 7) is 4.95. The number of nitrogens with zero attached hydrogens (tertiary/aromatic N) is 1. The minimum absolute atomic E-state index is 0.284. The van der Waals surface area contributed by atoms with Gasteiger partial charge in [-0.05, 0) is 32.0 Å². The molecule has 0 amide bonds. The number of carbonyl (C=O) groups is 1. The molecule has 0 saturated carbocycles. The third-order valence-corrected chi connectivity index (χ3v) is 3.32. The van der Waals surface area contributed by atoms with Gasteiger partial charge in [-0.1, -0.05) is 0 Å². The number of rotatable bonds is 2. The Morgan fingerprint density at radius 2 is 2.05 bits per heavy atom. The number of hydrogen-bond acceptors (Lipinski definition) is 3. The number of carboxylic acid groups (broad SMARTS) is 1. The van der Waals surface area contributed by atoms with E-state index >= 15 is 0 Å². The first-order valence-electron chi connectivity index (χ1n) is 6.44. The molecular formula is C14H16F3NO3. The number of hydrogen-bond donors (Lipinski definition) is 1. The van der Waals surface area contributed by atoms with Gasteiger partial charge in [0.05, 0.1) is 29.0 Å². The van der Waals surface area contributed by atoms with Crippen LogP contribution in [-0.2, 0) is 10.9 Å². The van der Waals surface area contributed by atoms with E-state index in [9.17, 15) is 23.1 Å². The molecule has 2 rings (SSSR count). The van der Waals surface area contributed by atoms with Crippen LogP contribution in [0.2, 0.25) is 0 Å². The number of halogens is 3. The topological polar surface area (TPSA) is 49.8 Å². The summed E-state index contributed by atoms with van der Waals surface area (Å²) in [7, 11) is 0. The van der Waals surface area contributed by atoms with E-state index in [-0.39, 0.29) is 11.3 Å². The van der Waals surface area contributed by atoms with Crippen molar-refractivity contribution in [1.29, 1.82) is 0 Å². The monoisotopic (exact) mass is 303 g/mol. The van der Waals surface area contributed by atoms with E-state index in [0.717, 1.165) is 6.07 Å². The van der Waals surface area contributed by atoms with Gasteiger partial charge in [-0.25, -0.2) is 4.79 Å². The number of carboxylic acids is 1. The Morgan fingerprint density at radius 3 is 2.57 bits per heavy atom. The van der Waals surface area contributed by atoms with Crippen LogP contribution in [0.25, 0.3) is 0 Å². The molecule has 7 heteroatoms. The first kappa shape index (κ1) is 15.6.